The van der Waals surface area contributed by atoms with Crippen molar-refractivity contribution in [2.45, 2.75) is 44.8 Å². The molecule has 0 aliphatic carbocycles. The third-order valence-corrected chi connectivity index (χ3v) is 5.11. The molecule has 0 amide bonds. The number of hydrogen-bond acceptors (Lipinski definition) is 3. The van der Waals surface area contributed by atoms with Crippen molar-refractivity contribution in [3.05, 3.63) is 29.8 Å². The highest BCUT2D eigenvalue weighted by molar-refractivity contribution is 7.93. The molecule has 0 saturated carbocycles. The largest absolute Gasteiger partial charge is 0.329 e. The van der Waals surface area contributed by atoms with E-state index in [1.54, 1.807) is 0 Å². The van der Waals surface area contributed by atoms with Crippen LogP contribution < -0.4 is 10.5 Å². The Kier molecular flexibility index (Phi) is 6.31. The van der Waals surface area contributed by atoms with Crippen LogP contribution in [-0.2, 0) is 16.4 Å². The monoisotopic (exact) mass is 284 g/mol. The average Bonchev–Trinajstić information content (AvgIpc) is 2.38. The van der Waals surface area contributed by atoms with Gasteiger partial charge in [-0.25, -0.2) is 8.42 Å². The van der Waals surface area contributed by atoms with Crippen molar-refractivity contribution in [2.75, 3.05) is 11.3 Å². The standard InChI is InChI=1S/C14H24N2O2S/c1-3-5-6-12-7-9-13(10-8-12)16-19(17,18)14(4-2)11-15/h7-10,14,16H,3-6,11,15H2,1-2H3. The summed E-state index contributed by atoms with van der Waals surface area (Å²) in [5.74, 6) is 0. The molecule has 1 aromatic rings. The Morgan fingerprint density at radius 3 is 2.32 bits per heavy atom. The minimum absolute atomic E-state index is 0.139. The highest BCUT2D eigenvalue weighted by Gasteiger charge is 2.21. The van der Waals surface area contributed by atoms with Crippen molar-refractivity contribution in [1.29, 1.82) is 0 Å². The van der Waals surface area contributed by atoms with E-state index in [1.165, 1.54) is 5.56 Å². The fraction of sp³-hybridized carbons (Fsp3) is 0.571. The molecule has 5 heteroatoms. The molecule has 0 aliphatic rings. The molecule has 3 N–H and O–H groups in total. The summed E-state index contributed by atoms with van der Waals surface area (Å²) in [4.78, 5) is 0. The Morgan fingerprint density at radius 2 is 1.84 bits per heavy atom. The third-order valence-electron chi connectivity index (χ3n) is 3.19. The average molecular weight is 284 g/mol. The van der Waals surface area contributed by atoms with E-state index in [4.69, 9.17) is 5.73 Å². The summed E-state index contributed by atoms with van der Waals surface area (Å²) < 4.78 is 26.7. The quantitative estimate of drug-likeness (QED) is 0.770. The zero-order chi connectivity index (χ0) is 14.3. The summed E-state index contributed by atoms with van der Waals surface area (Å²) in [6, 6.07) is 7.56. The predicted molar refractivity (Wildman–Crippen MR) is 80.7 cm³/mol. The number of sulfonamides is 1. The van der Waals surface area contributed by atoms with Gasteiger partial charge in [0, 0.05) is 12.2 Å². The Bertz CT molecular complexity index is 465. The summed E-state index contributed by atoms with van der Waals surface area (Å²) in [5.41, 5.74) is 7.32. The lowest BCUT2D eigenvalue weighted by Gasteiger charge is -2.15. The first-order valence-electron chi connectivity index (χ1n) is 6.84. The van der Waals surface area contributed by atoms with E-state index in [0.717, 1.165) is 19.3 Å². The van der Waals surface area contributed by atoms with Gasteiger partial charge in [0.05, 0.1) is 5.25 Å². The SMILES string of the molecule is CCCCc1ccc(NS(=O)(=O)C(CC)CN)cc1. The van der Waals surface area contributed by atoms with Crippen LogP contribution in [-0.4, -0.2) is 20.2 Å². The molecule has 1 aromatic carbocycles. The highest BCUT2D eigenvalue weighted by Crippen LogP contribution is 2.15. The summed E-state index contributed by atoms with van der Waals surface area (Å²) >= 11 is 0. The van der Waals surface area contributed by atoms with E-state index in [9.17, 15) is 8.42 Å². The van der Waals surface area contributed by atoms with Gasteiger partial charge < -0.3 is 5.73 Å². The summed E-state index contributed by atoms with van der Waals surface area (Å²) in [6.45, 7) is 4.12. The van der Waals surface area contributed by atoms with E-state index in [0.29, 0.717) is 12.1 Å². The van der Waals surface area contributed by atoms with Gasteiger partial charge in [-0.3, -0.25) is 4.72 Å². The Labute approximate surface area is 116 Å². The second kappa shape index (κ2) is 7.50. The summed E-state index contributed by atoms with van der Waals surface area (Å²) in [7, 11) is -3.38. The molecule has 0 spiro atoms. The van der Waals surface area contributed by atoms with Gasteiger partial charge >= 0.3 is 0 Å². The zero-order valence-electron chi connectivity index (χ0n) is 11.7. The van der Waals surface area contributed by atoms with Gasteiger partial charge in [-0.05, 0) is 37.0 Å². The number of unbranched alkanes of at least 4 members (excludes halogenated alkanes) is 1. The van der Waals surface area contributed by atoms with Crippen LogP contribution in [0.2, 0.25) is 0 Å². The number of benzene rings is 1. The molecule has 0 bridgehead atoms. The molecule has 0 fully saturated rings. The second-order valence-corrected chi connectivity index (χ2v) is 6.67. The topological polar surface area (TPSA) is 72.2 Å². The van der Waals surface area contributed by atoms with Crippen molar-refractivity contribution in [1.82, 2.24) is 0 Å². The van der Waals surface area contributed by atoms with Crippen LogP contribution >= 0.6 is 0 Å². The minimum atomic E-state index is -3.38. The third kappa shape index (κ3) is 4.84. The maximum absolute atomic E-state index is 12.0. The molecule has 0 saturated heterocycles. The molecule has 1 unspecified atom stereocenters. The van der Waals surface area contributed by atoms with Gasteiger partial charge in [0.25, 0.3) is 0 Å². The smallest absolute Gasteiger partial charge is 0.236 e. The Morgan fingerprint density at radius 1 is 1.21 bits per heavy atom. The van der Waals surface area contributed by atoms with E-state index in [-0.39, 0.29) is 6.54 Å². The molecule has 0 aliphatic heterocycles. The fourth-order valence-electron chi connectivity index (χ4n) is 1.88. The first kappa shape index (κ1) is 16.0. The van der Waals surface area contributed by atoms with E-state index >= 15 is 0 Å². The van der Waals surface area contributed by atoms with Crippen molar-refractivity contribution >= 4 is 15.7 Å². The van der Waals surface area contributed by atoms with Crippen LogP contribution in [0.25, 0.3) is 0 Å². The molecule has 4 nitrogen and oxygen atoms in total. The Balaban J connectivity index is 2.72. The zero-order valence-corrected chi connectivity index (χ0v) is 12.5. The lowest BCUT2D eigenvalue weighted by molar-refractivity contribution is 0.581. The predicted octanol–water partition coefficient (Wildman–Crippen LogP) is 2.51. The molecule has 0 aromatic heterocycles. The van der Waals surface area contributed by atoms with Crippen molar-refractivity contribution < 1.29 is 8.42 Å². The summed E-state index contributed by atoms with van der Waals surface area (Å²) in [5, 5.41) is -0.535. The van der Waals surface area contributed by atoms with Crippen LogP contribution in [0.1, 0.15) is 38.7 Å². The normalized spacial score (nSPS) is 13.2. The maximum atomic E-state index is 12.0. The van der Waals surface area contributed by atoms with Crippen molar-refractivity contribution in [3.63, 3.8) is 0 Å². The molecular formula is C14H24N2O2S. The maximum Gasteiger partial charge on any atom is 0.236 e. The van der Waals surface area contributed by atoms with Gasteiger partial charge in [0.15, 0.2) is 0 Å². The lowest BCUT2D eigenvalue weighted by atomic mass is 10.1. The highest BCUT2D eigenvalue weighted by atomic mass is 32.2. The first-order chi connectivity index (χ1) is 9.03. The summed E-state index contributed by atoms with van der Waals surface area (Å²) in [6.07, 6.45) is 3.85. The minimum Gasteiger partial charge on any atom is -0.329 e. The number of anilines is 1. The van der Waals surface area contributed by atoms with Crippen molar-refractivity contribution in [3.8, 4) is 0 Å². The molecule has 19 heavy (non-hydrogen) atoms. The van der Waals surface area contributed by atoms with Gasteiger partial charge in [0.1, 0.15) is 0 Å². The number of nitrogens with one attached hydrogen (secondary N) is 1. The molecule has 1 rings (SSSR count). The van der Waals surface area contributed by atoms with Crippen LogP contribution in [0.3, 0.4) is 0 Å². The van der Waals surface area contributed by atoms with Gasteiger partial charge in [-0.2, -0.15) is 0 Å². The van der Waals surface area contributed by atoms with Crippen LogP contribution in [0.4, 0.5) is 5.69 Å². The van der Waals surface area contributed by atoms with Gasteiger partial charge in [-0.15, -0.1) is 0 Å². The van der Waals surface area contributed by atoms with E-state index < -0.39 is 15.3 Å². The van der Waals surface area contributed by atoms with Gasteiger partial charge in [0.2, 0.25) is 10.0 Å². The van der Waals surface area contributed by atoms with E-state index in [2.05, 4.69) is 11.6 Å². The fourth-order valence-corrected chi connectivity index (χ4v) is 3.20. The van der Waals surface area contributed by atoms with Crippen molar-refractivity contribution in [2.24, 2.45) is 5.73 Å². The van der Waals surface area contributed by atoms with Gasteiger partial charge in [-0.1, -0.05) is 32.4 Å². The second-order valence-electron chi connectivity index (χ2n) is 4.71. The van der Waals surface area contributed by atoms with Crippen LogP contribution in [0.5, 0.6) is 0 Å². The first-order valence-corrected chi connectivity index (χ1v) is 8.38. The molecule has 108 valence electrons. The number of nitrogens with two attached hydrogens (primary N) is 1. The Hall–Kier alpha value is -1.07. The van der Waals surface area contributed by atoms with Crippen LogP contribution in [0.15, 0.2) is 24.3 Å². The van der Waals surface area contributed by atoms with Crippen LogP contribution in [0, 0.1) is 0 Å². The number of hydrogen-bond donors (Lipinski definition) is 2. The molecule has 0 radical (unpaired) electrons. The molecule has 0 heterocycles. The number of rotatable bonds is 8. The lowest BCUT2D eigenvalue weighted by Crippen LogP contribution is -2.33. The van der Waals surface area contributed by atoms with E-state index in [1.807, 2.05) is 31.2 Å². The number of aryl methyl sites for hydroxylation is 1. The molecule has 1 atom stereocenters. The molecular weight excluding hydrogens is 260 g/mol.